The molecule has 1 aliphatic heterocycles. The number of benzene rings is 7. The number of hydrogen-bond donors (Lipinski definition) is 0. The van der Waals surface area contributed by atoms with Crippen LogP contribution in [-0.4, -0.2) is 7.05 Å². The Morgan fingerprint density at radius 3 is 1.80 bits per heavy atom. The number of nitrogens with zero attached hydrogens (tertiary/aromatic N) is 2. The van der Waals surface area contributed by atoms with Crippen molar-refractivity contribution in [1.29, 1.82) is 0 Å². The average Bonchev–Trinajstić information content (AvgIpc) is 3.30. The molecule has 7 aromatic carbocycles. The maximum absolute atomic E-state index is 2.50. The summed E-state index contributed by atoms with van der Waals surface area (Å²) in [6, 6.07) is 49.6. The van der Waals surface area contributed by atoms with Gasteiger partial charge in [-0.15, -0.1) is 0 Å². The third kappa shape index (κ3) is 3.57. The summed E-state index contributed by atoms with van der Waals surface area (Å²) in [5.74, 6) is 0. The van der Waals surface area contributed by atoms with E-state index in [0.717, 1.165) is 0 Å². The van der Waals surface area contributed by atoms with Crippen molar-refractivity contribution in [2.45, 2.75) is 26.2 Å². The lowest BCUT2D eigenvalue weighted by molar-refractivity contribution is 0.660. The Bertz CT molecular complexity index is 2300. The first kappa shape index (κ1) is 26.1. The van der Waals surface area contributed by atoms with Crippen molar-refractivity contribution in [2.24, 2.45) is 0 Å². The van der Waals surface area contributed by atoms with Crippen LogP contribution in [0.4, 0.5) is 28.4 Å². The topological polar surface area (TPSA) is 6.48 Å². The Hall–Kier alpha value is -5.34. The Kier molecular flexibility index (Phi) is 5.41. The van der Waals surface area contributed by atoms with E-state index in [1.807, 2.05) is 0 Å². The molecule has 0 fully saturated rings. The van der Waals surface area contributed by atoms with E-state index in [0.29, 0.717) is 0 Å². The van der Waals surface area contributed by atoms with E-state index in [9.17, 15) is 0 Å². The molecule has 0 spiro atoms. The maximum Gasteiger partial charge on any atom is 0.0700 e. The highest BCUT2D eigenvalue weighted by molar-refractivity contribution is 6.23. The second-order valence-electron chi connectivity index (χ2n) is 13.1. The molecule has 2 aliphatic rings. The van der Waals surface area contributed by atoms with E-state index in [2.05, 4.69) is 171 Å². The molecule has 45 heavy (non-hydrogen) atoms. The molecule has 216 valence electrons. The van der Waals surface area contributed by atoms with Crippen molar-refractivity contribution in [1.82, 2.24) is 0 Å². The molecule has 0 saturated carbocycles. The summed E-state index contributed by atoms with van der Waals surface area (Å²) in [6.45, 7) is 6.91. The van der Waals surface area contributed by atoms with Gasteiger partial charge in [0.2, 0.25) is 0 Å². The van der Waals surface area contributed by atoms with E-state index in [4.69, 9.17) is 0 Å². The van der Waals surface area contributed by atoms with Crippen molar-refractivity contribution in [3.05, 3.63) is 150 Å². The molecule has 0 saturated heterocycles. The van der Waals surface area contributed by atoms with Gasteiger partial charge in [-0.2, -0.15) is 0 Å². The van der Waals surface area contributed by atoms with Gasteiger partial charge in [-0.3, -0.25) is 0 Å². The van der Waals surface area contributed by atoms with Crippen LogP contribution in [0.25, 0.3) is 43.8 Å². The molecule has 7 aromatic rings. The van der Waals surface area contributed by atoms with Crippen molar-refractivity contribution < 1.29 is 0 Å². The molecule has 0 amide bonds. The van der Waals surface area contributed by atoms with Crippen LogP contribution in [0.3, 0.4) is 0 Å². The fourth-order valence-corrected chi connectivity index (χ4v) is 8.07. The highest BCUT2D eigenvalue weighted by Gasteiger charge is 2.36. The second-order valence-corrected chi connectivity index (χ2v) is 13.1. The van der Waals surface area contributed by atoms with E-state index in [1.165, 1.54) is 88.9 Å². The molecule has 0 radical (unpaired) electrons. The van der Waals surface area contributed by atoms with Crippen LogP contribution in [0.1, 0.15) is 30.5 Å². The van der Waals surface area contributed by atoms with Gasteiger partial charge >= 0.3 is 0 Å². The number of para-hydroxylation sites is 4. The Labute approximate surface area is 264 Å². The Morgan fingerprint density at radius 2 is 1.07 bits per heavy atom. The van der Waals surface area contributed by atoms with Gasteiger partial charge in [-0.1, -0.05) is 123 Å². The lowest BCUT2D eigenvalue weighted by atomic mass is 9.82. The Morgan fingerprint density at radius 1 is 0.489 bits per heavy atom. The summed E-state index contributed by atoms with van der Waals surface area (Å²) >= 11 is 0. The van der Waals surface area contributed by atoms with E-state index in [-0.39, 0.29) is 5.41 Å². The SMILES string of the molecule is Cc1ccc2c(N3c4ccccc4N(C)c4ccccc43)c3ccccc3c(-c3ccc4c(c3)-c3ccccc3C4(C)C)c2c1. The van der Waals surface area contributed by atoms with Gasteiger partial charge in [0, 0.05) is 23.2 Å². The molecule has 0 bridgehead atoms. The molecule has 1 heterocycles. The van der Waals surface area contributed by atoms with Gasteiger partial charge in [0.15, 0.2) is 0 Å². The first-order chi connectivity index (χ1) is 21.9. The fourth-order valence-electron chi connectivity index (χ4n) is 8.07. The third-order valence-corrected chi connectivity index (χ3v) is 10.2. The van der Waals surface area contributed by atoms with Crippen LogP contribution in [0.15, 0.2) is 133 Å². The summed E-state index contributed by atoms with van der Waals surface area (Å²) in [5.41, 5.74) is 15.3. The lowest BCUT2D eigenvalue weighted by Crippen LogP contribution is -2.24. The summed E-state index contributed by atoms with van der Waals surface area (Å²) in [7, 11) is 2.17. The van der Waals surface area contributed by atoms with Crippen LogP contribution in [0.2, 0.25) is 0 Å². The quantitative estimate of drug-likeness (QED) is 0.188. The van der Waals surface area contributed by atoms with Crippen LogP contribution in [-0.2, 0) is 5.41 Å². The molecule has 0 N–H and O–H groups in total. The standard InChI is InChI=1S/C43H34N2/c1-27-21-23-32-34(25-27)41(28-22-24-36-33(26-28)29-13-7-8-16-35(29)43(36,2)3)30-14-5-6-15-31(30)42(32)45-39-19-11-9-17-37(39)44(4)38-18-10-12-20-40(38)45/h5-26H,1-4H3. The zero-order valence-electron chi connectivity index (χ0n) is 26.1. The van der Waals surface area contributed by atoms with E-state index >= 15 is 0 Å². The normalized spacial score (nSPS) is 14.3. The predicted octanol–water partition coefficient (Wildman–Crippen LogP) is 11.8. The molecule has 0 aromatic heterocycles. The monoisotopic (exact) mass is 578 g/mol. The number of fused-ring (bicyclic) bond motifs is 7. The largest absolute Gasteiger partial charge is 0.341 e. The van der Waals surface area contributed by atoms with Crippen LogP contribution >= 0.6 is 0 Å². The molecule has 2 nitrogen and oxygen atoms in total. The highest BCUT2D eigenvalue weighted by atomic mass is 15.3. The van der Waals surface area contributed by atoms with Crippen molar-refractivity contribution in [2.75, 3.05) is 16.8 Å². The first-order valence-corrected chi connectivity index (χ1v) is 15.9. The average molecular weight is 579 g/mol. The summed E-state index contributed by atoms with van der Waals surface area (Å²) < 4.78 is 0. The van der Waals surface area contributed by atoms with Crippen molar-refractivity contribution >= 4 is 50.0 Å². The molecule has 1 aliphatic carbocycles. The molecule has 2 heteroatoms. The number of rotatable bonds is 2. The minimum absolute atomic E-state index is 0.0166. The number of aryl methyl sites for hydroxylation is 1. The van der Waals surface area contributed by atoms with E-state index < -0.39 is 0 Å². The molecule has 0 unspecified atom stereocenters. The molecular formula is C43H34N2. The second kappa shape index (κ2) is 9.33. The number of hydrogen-bond acceptors (Lipinski definition) is 2. The summed E-state index contributed by atoms with van der Waals surface area (Å²) in [5, 5.41) is 5.05. The van der Waals surface area contributed by atoms with Crippen molar-refractivity contribution in [3.8, 4) is 22.3 Å². The molecular weight excluding hydrogens is 544 g/mol. The number of anilines is 5. The molecule has 9 rings (SSSR count). The fraction of sp³-hybridized carbons (Fsp3) is 0.116. The van der Waals surface area contributed by atoms with Gasteiger partial charge in [-0.25, -0.2) is 0 Å². The first-order valence-electron chi connectivity index (χ1n) is 15.9. The van der Waals surface area contributed by atoms with Gasteiger partial charge < -0.3 is 9.80 Å². The Balaban J connectivity index is 1.39. The predicted molar refractivity (Wildman–Crippen MR) is 192 cm³/mol. The highest BCUT2D eigenvalue weighted by Crippen LogP contribution is 2.56. The minimum atomic E-state index is -0.0166. The van der Waals surface area contributed by atoms with Gasteiger partial charge in [-0.05, 0) is 81.4 Å². The smallest absolute Gasteiger partial charge is 0.0700 e. The zero-order valence-corrected chi connectivity index (χ0v) is 26.1. The van der Waals surface area contributed by atoms with Crippen LogP contribution in [0.5, 0.6) is 0 Å². The van der Waals surface area contributed by atoms with Crippen LogP contribution < -0.4 is 9.80 Å². The molecule has 0 atom stereocenters. The third-order valence-electron chi connectivity index (χ3n) is 10.2. The van der Waals surface area contributed by atoms with Gasteiger partial charge in [0.1, 0.15) is 0 Å². The minimum Gasteiger partial charge on any atom is -0.341 e. The van der Waals surface area contributed by atoms with Crippen LogP contribution in [0, 0.1) is 6.92 Å². The van der Waals surface area contributed by atoms with Gasteiger partial charge in [0.25, 0.3) is 0 Å². The van der Waals surface area contributed by atoms with E-state index in [1.54, 1.807) is 0 Å². The summed E-state index contributed by atoms with van der Waals surface area (Å²) in [4.78, 5) is 4.81. The zero-order chi connectivity index (χ0) is 30.4. The van der Waals surface area contributed by atoms with Gasteiger partial charge in [0.05, 0.1) is 28.4 Å². The van der Waals surface area contributed by atoms with Crippen molar-refractivity contribution in [3.63, 3.8) is 0 Å². The summed E-state index contributed by atoms with van der Waals surface area (Å²) in [6.07, 6.45) is 0. The maximum atomic E-state index is 2.50. The lowest BCUT2D eigenvalue weighted by Gasteiger charge is -2.39.